The van der Waals surface area contributed by atoms with E-state index < -0.39 is 0 Å². The highest BCUT2D eigenvalue weighted by molar-refractivity contribution is 14.0. The van der Waals surface area contributed by atoms with E-state index in [-0.39, 0.29) is 29.5 Å². The average Bonchev–Trinajstić information content (AvgIpc) is 3.09. The Morgan fingerprint density at radius 2 is 2.03 bits per heavy atom. The molecule has 0 bridgehead atoms. The van der Waals surface area contributed by atoms with E-state index in [1.54, 1.807) is 7.11 Å². The van der Waals surface area contributed by atoms with Gasteiger partial charge in [0.05, 0.1) is 13.1 Å². The molecule has 0 spiro atoms. The van der Waals surface area contributed by atoms with Crippen LogP contribution in [0.5, 0.6) is 0 Å². The lowest BCUT2D eigenvalue weighted by Gasteiger charge is -2.40. The second-order valence-electron chi connectivity index (χ2n) is 8.49. The highest BCUT2D eigenvalue weighted by Crippen LogP contribution is 2.21. The van der Waals surface area contributed by atoms with Crippen LogP contribution in [0.3, 0.4) is 0 Å². The Balaban J connectivity index is 0.00000300. The summed E-state index contributed by atoms with van der Waals surface area (Å²) in [5.41, 5.74) is 0.0868. The lowest BCUT2D eigenvalue weighted by atomic mass is 9.99. The molecule has 0 aliphatic carbocycles. The Hall–Kier alpha value is -0.940. The van der Waals surface area contributed by atoms with Gasteiger partial charge in [-0.3, -0.25) is 9.89 Å². The Bertz CT molecular complexity index is 655. The van der Waals surface area contributed by atoms with Crippen LogP contribution in [-0.2, 0) is 24.3 Å². The van der Waals surface area contributed by atoms with Crippen LogP contribution in [0.4, 0.5) is 0 Å². The Morgan fingerprint density at radius 1 is 1.28 bits per heavy atom. The smallest absolute Gasteiger partial charge is 0.191 e. The number of likely N-dealkylation sites (tertiary alicyclic amines) is 1. The molecule has 0 aromatic carbocycles. The topological polar surface area (TPSA) is 79.6 Å². The quantitative estimate of drug-likeness (QED) is 0.327. The minimum Gasteiger partial charge on any atom is -0.377 e. The van der Waals surface area contributed by atoms with Crippen molar-refractivity contribution >= 4 is 29.9 Å². The van der Waals surface area contributed by atoms with Crippen LogP contribution >= 0.6 is 24.0 Å². The van der Waals surface area contributed by atoms with Gasteiger partial charge in [-0.15, -0.1) is 24.0 Å². The third kappa shape index (κ3) is 6.78. The van der Waals surface area contributed by atoms with Gasteiger partial charge in [0.1, 0.15) is 12.4 Å². The molecular formula is C20H38IN7O. The van der Waals surface area contributed by atoms with Gasteiger partial charge in [0.25, 0.3) is 0 Å². The van der Waals surface area contributed by atoms with Crippen molar-refractivity contribution in [2.75, 3.05) is 33.3 Å². The maximum Gasteiger partial charge on any atom is 0.191 e. The minimum atomic E-state index is 0. The van der Waals surface area contributed by atoms with E-state index >= 15 is 0 Å². The van der Waals surface area contributed by atoms with E-state index in [4.69, 9.17) is 9.73 Å². The molecule has 3 heterocycles. The molecule has 1 atom stereocenters. The van der Waals surface area contributed by atoms with E-state index in [2.05, 4.69) is 46.4 Å². The number of hydrogen-bond acceptors (Lipinski definition) is 5. The van der Waals surface area contributed by atoms with E-state index in [1.165, 1.54) is 32.4 Å². The number of nitrogens with one attached hydrogen (secondary N) is 2. The van der Waals surface area contributed by atoms with E-state index in [0.29, 0.717) is 12.6 Å². The van der Waals surface area contributed by atoms with Crippen LogP contribution in [-0.4, -0.2) is 70.5 Å². The highest BCUT2D eigenvalue weighted by atomic mass is 127. The number of ether oxygens (including phenoxy) is 1. The number of nitrogens with zero attached hydrogens (tertiary/aromatic N) is 5. The van der Waals surface area contributed by atoms with Crippen molar-refractivity contribution in [2.24, 2.45) is 4.99 Å². The zero-order valence-corrected chi connectivity index (χ0v) is 20.7. The van der Waals surface area contributed by atoms with Crippen molar-refractivity contribution in [3.63, 3.8) is 0 Å². The van der Waals surface area contributed by atoms with E-state index in [0.717, 1.165) is 50.1 Å². The van der Waals surface area contributed by atoms with Crippen molar-refractivity contribution in [3.8, 4) is 0 Å². The SMILES string of the molecule is CCNC(=NCC(C)(C)N1CCCCC1)NC1CCc2nc(COC)nn2C1.I. The van der Waals surface area contributed by atoms with Crippen molar-refractivity contribution in [1.29, 1.82) is 0 Å². The van der Waals surface area contributed by atoms with Gasteiger partial charge in [-0.2, -0.15) is 5.10 Å². The number of aliphatic imine (C=N–C) groups is 1. The molecule has 1 fully saturated rings. The fourth-order valence-electron chi connectivity index (χ4n) is 4.05. The second-order valence-corrected chi connectivity index (χ2v) is 8.49. The third-order valence-corrected chi connectivity index (χ3v) is 5.70. The van der Waals surface area contributed by atoms with Crippen molar-refractivity contribution in [1.82, 2.24) is 30.3 Å². The van der Waals surface area contributed by atoms with Gasteiger partial charge in [-0.05, 0) is 53.1 Å². The van der Waals surface area contributed by atoms with Gasteiger partial charge < -0.3 is 15.4 Å². The molecule has 2 N–H and O–H groups in total. The normalized spacial score (nSPS) is 20.7. The first-order valence-electron chi connectivity index (χ1n) is 10.7. The standard InChI is InChI=1S/C20H37N7O.HI/c1-5-21-19(22-15-20(2,3)26-11-7-6-8-12-26)23-16-9-10-18-24-17(14-28-4)25-27(18)13-16;/h16H,5-15H2,1-4H3,(H2,21,22,23);1H. The van der Waals surface area contributed by atoms with Gasteiger partial charge in [-0.25, -0.2) is 9.67 Å². The summed E-state index contributed by atoms with van der Waals surface area (Å²) in [6.07, 6.45) is 5.92. The molecule has 0 radical (unpaired) electrons. The highest BCUT2D eigenvalue weighted by Gasteiger charge is 2.28. The summed E-state index contributed by atoms with van der Waals surface area (Å²) in [4.78, 5) is 12.1. The molecule has 9 heteroatoms. The maximum absolute atomic E-state index is 5.16. The Kier molecular flexibility index (Phi) is 9.61. The molecule has 1 aromatic heterocycles. The molecule has 1 saturated heterocycles. The van der Waals surface area contributed by atoms with E-state index in [1.807, 2.05) is 4.68 Å². The summed E-state index contributed by atoms with van der Waals surface area (Å²) >= 11 is 0. The number of halogens is 1. The molecule has 0 amide bonds. The zero-order valence-electron chi connectivity index (χ0n) is 18.4. The number of guanidine groups is 1. The Morgan fingerprint density at radius 3 is 2.72 bits per heavy atom. The summed E-state index contributed by atoms with van der Waals surface area (Å²) in [5, 5.41) is 11.6. The summed E-state index contributed by atoms with van der Waals surface area (Å²) < 4.78 is 7.17. The number of rotatable bonds is 7. The summed E-state index contributed by atoms with van der Waals surface area (Å²) in [6, 6.07) is 0.306. The molecule has 2 aliphatic heterocycles. The number of aryl methyl sites for hydroxylation is 1. The van der Waals surface area contributed by atoms with Crippen molar-refractivity contribution in [2.45, 2.75) is 77.6 Å². The minimum absolute atomic E-state index is 0. The maximum atomic E-state index is 5.16. The van der Waals surface area contributed by atoms with Gasteiger partial charge in [-0.1, -0.05) is 6.42 Å². The molecule has 29 heavy (non-hydrogen) atoms. The first kappa shape index (κ1) is 24.3. The van der Waals surface area contributed by atoms with Crippen LogP contribution in [0.25, 0.3) is 0 Å². The summed E-state index contributed by atoms with van der Waals surface area (Å²) in [5.74, 6) is 2.72. The average molecular weight is 519 g/mol. The predicted molar refractivity (Wildman–Crippen MR) is 127 cm³/mol. The molecule has 2 aliphatic rings. The zero-order chi connectivity index (χ0) is 20.0. The van der Waals surface area contributed by atoms with Crippen molar-refractivity contribution in [3.05, 3.63) is 11.6 Å². The molecule has 3 rings (SSSR count). The first-order valence-corrected chi connectivity index (χ1v) is 10.7. The van der Waals surface area contributed by atoms with Crippen molar-refractivity contribution < 1.29 is 4.74 Å². The lowest BCUT2D eigenvalue weighted by Crippen LogP contribution is -2.51. The predicted octanol–water partition coefficient (Wildman–Crippen LogP) is 2.18. The monoisotopic (exact) mass is 519 g/mol. The molecule has 1 aromatic rings. The second kappa shape index (κ2) is 11.5. The fraction of sp³-hybridized carbons (Fsp3) is 0.850. The van der Waals surface area contributed by atoms with Crippen LogP contribution in [0.2, 0.25) is 0 Å². The Labute approximate surface area is 192 Å². The van der Waals surface area contributed by atoms with Gasteiger partial charge >= 0.3 is 0 Å². The molecule has 166 valence electrons. The van der Waals surface area contributed by atoms with E-state index in [9.17, 15) is 0 Å². The fourth-order valence-corrected chi connectivity index (χ4v) is 4.05. The van der Waals surface area contributed by atoms with Crippen LogP contribution in [0.15, 0.2) is 4.99 Å². The molecule has 8 nitrogen and oxygen atoms in total. The number of aromatic nitrogens is 3. The largest absolute Gasteiger partial charge is 0.377 e. The van der Waals surface area contributed by atoms with Crippen LogP contribution < -0.4 is 10.6 Å². The first-order chi connectivity index (χ1) is 13.5. The molecule has 1 unspecified atom stereocenters. The number of methoxy groups -OCH3 is 1. The van der Waals surface area contributed by atoms with Crippen LogP contribution in [0.1, 0.15) is 58.1 Å². The van der Waals surface area contributed by atoms with Gasteiger partial charge in [0, 0.05) is 31.7 Å². The van der Waals surface area contributed by atoms with Gasteiger partial charge in [0.15, 0.2) is 11.8 Å². The molecule has 0 saturated carbocycles. The number of fused-ring (bicyclic) bond motifs is 1. The summed E-state index contributed by atoms with van der Waals surface area (Å²) in [7, 11) is 1.68. The summed E-state index contributed by atoms with van der Waals surface area (Å²) in [6.45, 7) is 12.0. The third-order valence-electron chi connectivity index (χ3n) is 5.70. The lowest BCUT2D eigenvalue weighted by molar-refractivity contribution is 0.102. The van der Waals surface area contributed by atoms with Crippen LogP contribution in [0, 0.1) is 0 Å². The number of piperidine rings is 1. The molecular weight excluding hydrogens is 481 g/mol. The van der Waals surface area contributed by atoms with Gasteiger partial charge in [0.2, 0.25) is 0 Å². The number of hydrogen-bond donors (Lipinski definition) is 2.